The van der Waals surface area contributed by atoms with E-state index in [1.807, 2.05) is 7.05 Å². The van der Waals surface area contributed by atoms with Crippen molar-refractivity contribution < 1.29 is 0 Å². The molecule has 0 aliphatic heterocycles. The van der Waals surface area contributed by atoms with E-state index in [1.54, 1.807) is 0 Å². The van der Waals surface area contributed by atoms with Gasteiger partial charge >= 0.3 is 0 Å². The van der Waals surface area contributed by atoms with Crippen molar-refractivity contribution in [1.82, 2.24) is 20.4 Å². The largest absolute Gasteiger partial charge is 0.356 e. The van der Waals surface area contributed by atoms with Crippen LogP contribution in [0.3, 0.4) is 0 Å². The Labute approximate surface area is 156 Å². The van der Waals surface area contributed by atoms with Gasteiger partial charge in [0.1, 0.15) is 0 Å². The van der Waals surface area contributed by atoms with E-state index < -0.39 is 0 Å². The summed E-state index contributed by atoms with van der Waals surface area (Å²) in [6.07, 6.45) is 9.58. The maximum absolute atomic E-state index is 4.74. The standard InChI is InChI=1S/C17H29N5.HI/c1-12(2)22-11-14-6-7-15(10-16(14)21-22)20-17(18-3)19-9-8-13-4-5-13;/h11-13,15H,4-10H2,1-3H3,(H2,18,19,20);1H. The minimum Gasteiger partial charge on any atom is -0.356 e. The molecule has 130 valence electrons. The Bertz CT molecular complexity index is 533. The van der Waals surface area contributed by atoms with Gasteiger partial charge in [0.15, 0.2) is 5.96 Å². The van der Waals surface area contributed by atoms with Crippen LogP contribution in [-0.2, 0) is 12.8 Å². The summed E-state index contributed by atoms with van der Waals surface area (Å²) in [5.74, 6) is 1.90. The van der Waals surface area contributed by atoms with Crippen LogP contribution >= 0.6 is 24.0 Å². The lowest BCUT2D eigenvalue weighted by molar-refractivity contribution is 0.499. The van der Waals surface area contributed by atoms with Gasteiger partial charge in [-0.2, -0.15) is 5.10 Å². The molecule has 2 aliphatic carbocycles. The van der Waals surface area contributed by atoms with E-state index in [4.69, 9.17) is 5.10 Å². The summed E-state index contributed by atoms with van der Waals surface area (Å²) in [6.45, 7) is 5.39. The third kappa shape index (κ3) is 5.09. The number of aryl methyl sites for hydroxylation is 1. The molecule has 1 aromatic rings. The third-order valence-corrected chi connectivity index (χ3v) is 4.73. The Morgan fingerprint density at radius 1 is 1.39 bits per heavy atom. The zero-order valence-corrected chi connectivity index (χ0v) is 16.8. The molecule has 2 aliphatic rings. The Hall–Kier alpha value is -0.790. The second kappa shape index (κ2) is 8.35. The topological polar surface area (TPSA) is 54.2 Å². The van der Waals surface area contributed by atoms with Gasteiger partial charge in [-0.1, -0.05) is 12.8 Å². The Balaban J connectivity index is 0.00000192. The van der Waals surface area contributed by atoms with Gasteiger partial charge in [0.05, 0.1) is 5.69 Å². The summed E-state index contributed by atoms with van der Waals surface area (Å²) in [7, 11) is 1.86. The number of aromatic nitrogens is 2. The lowest BCUT2D eigenvalue weighted by Crippen LogP contribution is -2.45. The molecule has 0 aromatic carbocycles. The quantitative estimate of drug-likeness (QED) is 0.428. The molecule has 1 atom stereocenters. The molecule has 0 spiro atoms. The van der Waals surface area contributed by atoms with Crippen molar-refractivity contribution in [2.75, 3.05) is 13.6 Å². The van der Waals surface area contributed by atoms with E-state index in [9.17, 15) is 0 Å². The molecule has 3 rings (SSSR count). The minimum absolute atomic E-state index is 0. The fraction of sp³-hybridized carbons (Fsp3) is 0.765. The summed E-state index contributed by atoms with van der Waals surface area (Å²) in [5.41, 5.74) is 2.68. The Morgan fingerprint density at radius 3 is 2.83 bits per heavy atom. The first-order chi connectivity index (χ1) is 10.7. The second-order valence-corrected chi connectivity index (χ2v) is 6.99. The Kier molecular flexibility index (Phi) is 6.73. The number of nitrogens with zero attached hydrogens (tertiary/aromatic N) is 3. The van der Waals surface area contributed by atoms with Crippen LogP contribution in [-0.4, -0.2) is 35.4 Å². The van der Waals surface area contributed by atoms with Gasteiger partial charge in [-0.05, 0) is 44.6 Å². The lowest BCUT2D eigenvalue weighted by atomic mass is 9.94. The van der Waals surface area contributed by atoms with E-state index in [2.05, 4.69) is 40.4 Å². The van der Waals surface area contributed by atoms with Crippen molar-refractivity contribution in [1.29, 1.82) is 0 Å². The number of hydrogen-bond acceptors (Lipinski definition) is 2. The maximum atomic E-state index is 4.74. The van der Waals surface area contributed by atoms with Gasteiger partial charge in [0.25, 0.3) is 0 Å². The third-order valence-electron chi connectivity index (χ3n) is 4.73. The Morgan fingerprint density at radius 2 is 2.17 bits per heavy atom. The number of nitrogens with one attached hydrogen (secondary N) is 2. The zero-order valence-electron chi connectivity index (χ0n) is 14.5. The fourth-order valence-electron chi connectivity index (χ4n) is 3.09. The van der Waals surface area contributed by atoms with Crippen molar-refractivity contribution in [2.24, 2.45) is 10.9 Å². The molecule has 1 aromatic heterocycles. The molecule has 23 heavy (non-hydrogen) atoms. The highest BCUT2D eigenvalue weighted by Crippen LogP contribution is 2.31. The summed E-state index contributed by atoms with van der Waals surface area (Å²) >= 11 is 0. The predicted molar refractivity (Wildman–Crippen MR) is 106 cm³/mol. The highest BCUT2D eigenvalue weighted by Gasteiger charge is 2.23. The summed E-state index contributed by atoms with van der Waals surface area (Å²) in [4.78, 5) is 4.36. The van der Waals surface area contributed by atoms with Crippen LogP contribution in [0.1, 0.15) is 56.8 Å². The molecular formula is C17H30IN5. The smallest absolute Gasteiger partial charge is 0.191 e. The average Bonchev–Trinajstić information content (AvgIpc) is 3.22. The van der Waals surface area contributed by atoms with Crippen LogP contribution in [0.25, 0.3) is 0 Å². The van der Waals surface area contributed by atoms with E-state index in [0.717, 1.165) is 37.7 Å². The number of halogens is 1. The van der Waals surface area contributed by atoms with E-state index in [0.29, 0.717) is 12.1 Å². The number of hydrogen-bond donors (Lipinski definition) is 2. The van der Waals surface area contributed by atoms with Gasteiger partial charge in [-0.25, -0.2) is 0 Å². The molecule has 0 bridgehead atoms. The molecule has 1 heterocycles. The molecule has 1 saturated carbocycles. The molecular weight excluding hydrogens is 401 g/mol. The van der Waals surface area contributed by atoms with Gasteiger partial charge in [-0.15, -0.1) is 24.0 Å². The van der Waals surface area contributed by atoms with Crippen LogP contribution in [0.2, 0.25) is 0 Å². The van der Waals surface area contributed by atoms with Crippen LogP contribution in [0.15, 0.2) is 11.2 Å². The molecule has 5 nitrogen and oxygen atoms in total. The van der Waals surface area contributed by atoms with Crippen LogP contribution in [0.5, 0.6) is 0 Å². The summed E-state index contributed by atoms with van der Waals surface area (Å²) in [6, 6.07) is 0.879. The normalized spacial score (nSPS) is 20.9. The minimum atomic E-state index is 0. The van der Waals surface area contributed by atoms with Crippen molar-refractivity contribution >= 4 is 29.9 Å². The molecule has 0 radical (unpaired) electrons. The molecule has 0 amide bonds. The van der Waals surface area contributed by atoms with E-state index >= 15 is 0 Å². The number of guanidine groups is 1. The van der Waals surface area contributed by atoms with E-state index in [1.165, 1.54) is 30.5 Å². The SMILES string of the molecule is CN=C(NCCC1CC1)NC1CCc2cn(C(C)C)nc2C1.I. The highest BCUT2D eigenvalue weighted by molar-refractivity contribution is 14.0. The van der Waals surface area contributed by atoms with E-state index in [-0.39, 0.29) is 24.0 Å². The van der Waals surface area contributed by atoms with Gasteiger partial charge in [0, 0.05) is 38.3 Å². The molecule has 1 fully saturated rings. The number of aliphatic imine (C=N–C) groups is 1. The summed E-state index contributed by atoms with van der Waals surface area (Å²) in [5, 5.41) is 11.8. The number of fused-ring (bicyclic) bond motifs is 1. The van der Waals surface area contributed by atoms with Gasteiger partial charge in [0.2, 0.25) is 0 Å². The zero-order chi connectivity index (χ0) is 15.5. The number of rotatable bonds is 5. The highest BCUT2D eigenvalue weighted by atomic mass is 127. The average molecular weight is 431 g/mol. The van der Waals surface area contributed by atoms with Gasteiger partial charge < -0.3 is 10.6 Å². The first-order valence-corrected chi connectivity index (χ1v) is 8.69. The van der Waals surface area contributed by atoms with Crippen LogP contribution < -0.4 is 10.6 Å². The molecule has 0 saturated heterocycles. The summed E-state index contributed by atoms with van der Waals surface area (Å²) < 4.78 is 2.09. The first-order valence-electron chi connectivity index (χ1n) is 8.69. The van der Waals surface area contributed by atoms with Crippen molar-refractivity contribution in [3.05, 3.63) is 17.5 Å². The van der Waals surface area contributed by atoms with Crippen molar-refractivity contribution in [3.8, 4) is 0 Å². The lowest BCUT2D eigenvalue weighted by Gasteiger charge is -2.24. The monoisotopic (exact) mass is 431 g/mol. The van der Waals surface area contributed by atoms with Crippen molar-refractivity contribution in [2.45, 2.75) is 64.5 Å². The fourth-order valence-corrected chi connectivity index (χ4v) is 3.09. The maximum Gasteiger partial charge on any atom is 0.191 e. The van der Waals surface area contributed by atoms with Gasteiger partial charge in [-0.3, -0.25) is 9.67 Å². The molecule has 2 N–H and O–H groups in total. The second-order valence-electron chi connectivity index (χ2n) is 6.99. The first kappa shape index (κ1) is 18.5. The molecule has 1 unspecified atom stereocenters. The van der Waals surface area contributed by atoms with Crippen molar-refractivity contribution in [3.63, 3.8) is 0 Å². The van der Waals surface area contributed by atoms with Crippen LogP contribution in [0.4, 0.5) is 0 Å². The molecule has 6 heteroatoms. The predicted octanol–water partition coefficient (Wildman–Crippen LogP) is 2.90. The van der Waals surface area contributed by atoms with Crippen LogP contribution in [0, 0.1) is 5.92 Å².